The van der Waals surface area contributed by atoms with Crippen LogP contribution >= 0.6 is 0 Å². The molecule has 2 aliphatic rings. The van der Waals surface area contributed by atoms with Crippen LogP contribution in [-0.4, -0.2) is 30.4 Å². The van der Waals surface area contributed by atoms with Gasteiger partial charge in [0, 0.05) is 37.7 Å². The van der Waals surface area contributed by atoms with Gasteiger partial charge in [0.05, 0.1) is 0 Å². The first-order chi connectivity index (χ1) is 12.8. The molecule has 0 bridgehead atoms. The normalized spacial score (nSPS) is 22.5. The highest BCUT2D eigenvalue weighted by Gasteiger charge is 2.37. The fourth-order valence-electron chi connectivity index (χ4n) is 4.67. The predicted molar refractivity (Wildman–Crippen MR) is 104 cm³/mol. The van der Waals surface area contributed by atoms with E-state index in [-0.39, 0.29) is 5.91 Å². The third-order valence-corrected chi connectivity index (χ3v) is 5.92. The number of hydrogen-bond acceptors (Lipinski definition) is 2. The van der Waals surface area contributed by atoms with Crippen molar-refractivity contribution in [3.05, 3.63) is 83.4 Å². The highest BCUT2D eigenvalue weighted by molar-refractivity contribution is 5.96. The molecular formula is C23H22N2O. The Morgan fingerprint density at radius 3 is 2.69 bits per heavy atom. The maximum Gasteiger partial charge on any atom is 0.251 e. The first-order valence-corrected chi connectivity index (χ1v) is 9.36. The Morgan fingerprint density at radius 2 is 1.73 bits per heavy atom. The van der Waals surface area contributed by atoms with Crippen LogP contribution in [0.2, 0.25) is 0 Å². The zero-order chi connectivity index (χ0) is 17.5. The van der Waals surface area contributed by atoms with Crippen molar-refractivity contribution in [2.75, 3.05) is 19.6 Å². The Kier molecular flexibility index (Phi) is 3.75. The van der Waals surface area contributed by atoms with Gasteiger partial charge in [0.2, 0.25) is 0 Å². The van der Waals surface area contributed by atoms with Crippen LogP contribution in [0.1, 0.15) is 27.4 Å². The number of fused-ring (bicyclic) bond motifs is 4. The molecule has 0 radical (unpaired) electrons. The molecule has 130 valence electrons. The summed E-state index contributed by atoms with van der Waals surface area (Å²) < 4.78 is 0. The molecule has 0 spiro atoms. The van der Waals surface area contributed by atoms with E-state index in [0.717, 1.165) is 31.7 Å². The quantitative estimate of drug-likeness (QED) is 0.768. The highest BCUT2D eigenvalue weighted by Crippen LogP contribution is 2.37. The molecule has 5 rings (SSSR count). The van der Waals surface area contributed by atoms with Gasteiger partial charge in [-0.2, -0.15) is 0 Å². The largest absolute Gasteiger partial charge is 0.352 e. The van der Waals surface area contributed by atoms with Crippen molar-refractivity contribution in [3.8, 4) is 0 Å². The van der Waals surface area contributed by atoms with Crippen LogP contribution in [0, 0.1) is 5.92 Å². The lowest BCUT2D eigenvalue weighted by Gasteiger charge is -2.18. The van der Waals surface area contributed by atoms with E-state index in [9.17, 15) is 4.79 Å². The van der Waals surface area contributed by atoms with E-state index in [1.165, 1.54) is 21.9 Å². The number of carbonyl (C=O) groups is 1. The van der Waals surface area contributed by atoms with Crippen LogP contribution in [0.15, 0.2) is 66.7 Å². The van der Waals surface area contributed by atoms with Gasteiger partial charge in [0.25, 0.3) is 5.91 Å². The summed E-state index contributed by atoms with van der Waals surface area (Å²) in [6, 6.07) is 23.3. The van der Waals surface area contributed by atoms with Crippen LogP contribution < -0.4 is 5.32 Å². The van der Waals surface area contributed by atoms with Crippen molar-refractivity contribution in [1.82, 2.24) is 10.2 Å². The maximum absolute atomic E-state index is 12.3. The number of carbonyl (C=O) groups excluding carboxylic acids is 1. The van der Waals surface area contributed by atoms with Crippen molar-refractivity contribution >= 4 is 16.7 Å². The summed E-state index contributed by atoms with van der Waals surface area (Å²) in [4.78, 5) is 14.9. The Balaban J connectivity index is 1.44. The first-order valence-electron chi connectivity index (χ1n) is 9.36. The van der Waals surface area contributed by atoms with E-state index >= 15 is 0 Å². The van der Waals surface area contributed by atoms with Crippen molar-refractivity contribution in [3.63, 3.8) is 0 Å². The molecule has 1 saturated heterocycles. The molecule has 2 aliphatic heterocycles. The molecule has 1 amide bonds. The van der Waals surface area contributed by atoms with E-state index in [2.05, 4.69) is 64.8 Å². The van der Waals surface area contributed by atoms with E-state index in [4.69, 9.17) is 0 Å². The van der Waals surface area contributed by atoms with Crippen LogP contribution in [0.25, 0.3) is 10.8 Å². The summed E-state index contributed by atoms with van der Waals surface area (Å²) in [6.45, 7) is 3.77. The zero-order valence-corrected chi connectivity index (χ0v) is 14.7. The lowest BCUT2D eigenvalue weighted by molar-refractivity contribution is 0.0951. The molecule has 0 saturated carbocycles. The maximum atomic E-state index is 12.3. The van der Waals surface area contributed by atoms with Gasteiger partial charge in [0.1, 0.15) is 0 Å². The molecule has 0 aliphatic carbocycles. The second-order valence-corrected chi connectivity index (χ2v) is 7.50. The molecule has 1 N–H and O–H groups in total. The van der Waals surface area contributed by atoms with Crippen LogP contribution in [0.4, 0.5) is 0 Å². The highest BCUT2D eigenvalue weighted by atomic mass is 16.1. The minimum Gasteiger partial charge on any atom is -0.352 e. The van der Waals surface area contributed by atoms with Gasteiger partial charge < -0.3 is 5.32 Å². The van der Waals surface area contributed by atoms with Crippen LogP contribution in [-0.2, 0) is 6.54 Å². The third-order valence-electron chi connectivity index (χ3n) is 5.92. The Morgan fingerprint density at radius 1 is 0.923 bits per heavy atom. The second-order valence-electron chi connectivity index (χ2n) is 7.50. The Bertz CT molecular complexity index is 975. The topological polar surface area (TPSA) is 32.3 Å². The minimum absolute atomic E-state index is 0.0793. The van der Waals surface area contributed by atoms with Gasteiger partial charge >= 0.3 is 0 Å². The smallest absolute Gasteiger partial charge is 0.251 e. The number of rotatable bonds is 2. The lowest BCUT2D eigenvalue weighted by atomic mass is 9.87. The summed E-state index contributed by atoms with van der Waals surface area (Å²) in [5.41, 5.74) is 3.46. The SMILES string of the molecule is O=C1NCC2CN(Cc3cccc4ccccc34)CC2c2ccccc21. The van der Waals surface area contributed by atoms with E-state index < -0.39 is 0 Å². The predicted octanol–water partition coefficient (Wildman–Crippen LogP) is 3.80. The van der Waals surface area contributed by atoms with E-state index in [0.29, 0.717) is 11.8 Å². The molecule has 2 heterocycles. The summed E-state index contributed by atoms with van der Waals surface area (Å²) >= 11 is 0. The molecule has 3 heteroatoms. The number of likely N-dealkylation sites (tertiary alicyclic amines) is 1. The van der Waals surface area contributed by atoms with Crippen LogP contribution in [0.5, 0.6) is 0 Å². The van der Waals surface area contributed by atoms with Gasteiger partial charge in [-0.1, -0.05) is 60.7 Å². The second kappa shape index (κ2) is 6.26. The van der Waals surface area contributed by atoms with Gasteiger partial charge in [-0.15, -0.1) is 0 Å². The van der Waals surface area contributed by atoms with Gasteiger partial charge in [-0.05, 0) is 33.9 Å². The minimum atomic E-state index is 0.0793. The first kappa shape index (κ1) is 15.6. The van der Waals surface area contributed by atoms with Gasteiger partial charge in [0.15, 0.2) is 0 Å². The molecule has 3 aromatic carbocycles. The average Bonchev–Trinajstić information content (AvgIpc) is 3.03. The molecule has 2 atom stereocenters. The zero-order valence-electron chi connectivity index (χ0n) is 14.7. The van der Waals surface area contributed by atoms with Crippen molar-refractivity contribution in [2.24, 2.45) is 5.92 Å². The average molecular weight is 342 g/mol. The standard InChI is InChI=1S/C23H22N2O/c26-23-21-11-4-3-10-20(21)22-15-25(14-18(22)12-24-23)13-17-8-5-7-16-6-1-2-9-19(16)17/h1-11,18,22H,12-15H2,(H,24,26). The lowest BCUT2D eigenvalue weighted by Crippen LogP contribution is -2.29. The van der Waals surface area contributed by atoms with Crippen molar-refractivity contribution < 1.29 is 4.79 Å². The number of amides is 1. The Labute approximate surface area is 153 Å². The number of nitrogens with zero attached hydrogens (tertiary/aromatic N) is 1. The summed E-state index contributed by atoms with van der Waals surface area (Å²) in [5, 5.41) is 5.77. The van der Waals surface area contributed by atoms with E-state index in [1.807, 2.05) is 12.1 Å². The van der Waals surface area contributed by atoms with E-state index in [1.54, 1.807) is 0 Å². The fourth-order valence-corrected chi connectivity index (χ4v) is 4.67. The molecule has 2 unspecified atom stereocenters. The van der Waals surface area contributed by atoms with Gasteiger partial charge in [-0.25, -0.2) is 0 Å². The number of nitrogens with one attached hydrogen (secondary N) is 1. The molecule has 1 fully saturated rings. The van der Waals surface area contributed by atoms with Crippen LogP contribution in [0.3, 0.4) is 0 Å². The third kappa shape index (κ3) is 2.60. The Hall–Kier alpha value is -2.65. The molecular weight excluding hydrogens is 320 g/mol. The molecule has 3 aromatic rings. The fraction of sp³-hybridized carbons (Fsp3) is 0.261. The van der Waals surface area contributed by atoms with Crippen molar-refractivity contribution in [2.45, 2.75) is 12.5 Å². The summed E-state index contributed by atoms with van der Waals surface area (Å²) in [5.74, 6) is 0.994. The number of benzene rings is 3. The summed E-state index contributed by atoms with van der Waals surface area (Å²) in [6.07, 6.45) is 0. The number of hydrogen-bond donors (Lipinski definition) is 1. The summed E-state index contributed by atoms with van der Waals surface area (Å²) in [7, 11) is 0. The monoisotopic (exact) mass is 342 g/mol. The molecule has 26 heavy (non-hydrogen) atoms. The molecule has 3 nitrogen and oxygen atoms in total. The van der Waals surface area contributed by atoms with Gasteiger partial charge in [-0.3, -0.25) is 9.69 Å². The van der Waals surface area contributed by atoms with Crippen molar-refractivity contribution in [1.29, 1.82) is 0 Å². The molecule has 0 aromatic heterocycles.